The van der Waals surface area contributed by atoms with Gasteiger partial charge in [-0.1, -0.05) is 15.9 Å². The maximum atomic E-state index is 12.3. The predicted octanol–water partition coefficient (Wildman–Crippen LogP) is 4.22. The van der Waals surface area contributed by atoms with Crippen LogP contribution >= 0.6 is 15.9 Å². The molecule has 5 nitrogen and oxygen atoms in total. The largest absolute Gasteiger partial charge is 0.496 e. The Balaban J connectivity index is 3.07. The third-order valence-corrected chi connectivity index (χ3v) is 3.41. The van der Waals surface area contributed by atoms with E-state index in [1.54, 1.807) is 19.1 Å². The van der Waals surface area contributed by atoms with Crippen molar-refractivity contribution in [1.29, 1.82) is 0 Å². The molecule has 0 aliphatic heterocycles. The molecular formula is C16H24BrNO4. The van der Waals surface area contributed by atoms with Gasteiger partial charge in [0.25, 0.3) is 0 Å². The van der Waals surface area contributed by atoms with Gasteiger partial charge in [0.2, 0.25) is 0 Å². The second-order valence-electron chi connectivity index (χ2n) is 5.78. The van der Waals surface area contributed by atoms with Crippen molar-refractivity contribution in [1.82, 2.24) is 4.90 Å². The zero-order valence-electron chi connectivity index (χ0n) is 14.0. The summed E-state index contributed by atoms with van der Waals surface area (Å²) < 4.78 is 17.1. The molecule has 0 bridgehead atoms. The Morgan fingerprint density at radius 1 is 1.18 bits per heavy atom. The topological polar surface area (TPSA) is 48.0 Å². The third kappa shape index (κ3) is 5.09. The van der Waals surface area contributed by atoms with Crippen LogP contribution in [0.5, 0.6) is 11.5 Å². The SMILES string of the molecule is CCN(Cc1c(OC)cc(Br)cc1OC)C(=O)OC(C)(C)C. The lowest BCUT2D eigenvalue weighted by Crippen LogP contribution is -2.36. The van der Waals surface area contributed by atoms with Crippen LogP contribution in [0.3, 0.4) is 0 Å². The van der Waals surface area contributed by atoms with E-state index in [-0.39, 0.29) is 6.09 Å². The molecule has 0 N–H and O–H groups in total. The first-order chi connectivity index (χ1) is 10.2. The highest BCUT2D eigenvalue weighted by molar-refractivity contribution is 9.10. The first kappa shape index (κ1) is 18.6. The lowest BCUT2D eigenvalue weighted by atomic mass is 10.1. The molecule has 0 saturated carbocycles. The van der Waals surface area contributed by atoms with E-state index >= 15 is 0 Å². The first-order valence-electron chi connectivity index (χ1n) is 7.10. The highest BCUT2D eigenvalue weighted by Gasteiger charge is 2.23. The lowest BCUT2D eigenvalue weighted by Gasteiger charge is -2.27. The van der Waals surface area contributed by atoms with Gasteiger partial charge >= 0.3 is 6.09 Å². The van der Waals surface area contributed by atoms with Gasteiger partial charge in [-0.3, -0.25) is 0 Å². The van der Waals surface area contributed by atoms with Crippen molar-refractivity contribution in [2.45, 2.75) is 39.8 Å². The summed E-state index contributed by atoms with van der Waals surface area (Å²) in [4.78, 5) is 13.9. The molecule has 0 atom stereocenters. The van der Waals surface area contributed by atoms with Crippen LogP contribution < -0.4 is 9.47 Å². The van der Waals surface area contributed by atoms with E-state index in [0.717, 1.165) is 10.0 Å². The van der Waals surface area contributed by atoms with E-state index in [9.17, 15) is 4.79 Å². The van der Waals surface area contributed by atoms with E-state index < -0.39 is 5.60 Å². The molecule has 0 fully saturated rings. The van der Waals surface area contributed by atoms with Crippen LogP contribution in [-0.4, -0.2) is 37.4 Å². The Bertz CT molecular complexity index is 500. The van der Waals surface area contributed by atoms with Gasteiger partial charge in [-0.05, 0) is 39.8 Å². The number of hydrogen-bond donors (Lipinski definition) is 0. The average Bonchev–Trinajstić information content (AvgIpc) is 2.42. The Morgan fingerprint density at radius 3 is 2.05 bits per heavy atom. The normalized spacial score (nSPS) is 11.0. The van der Waals surface area contributed by atoms with Gasteiger partial charge in [-0.15, -0.1) is 0 Å². The van der Waals surface area contributed by atoms with E-state index in [4.69, 9.17) is 14.2 Å². The van der Waals surface area contributed by atoms with Crippen molar-refractivity contribution >= 4 is 22.0 Å². The maximum Gasteiger partial charge on any atom is 0.410 e. The molecule has 0 heterocycles. The highest BCUT2D eigenvalue weighted by atomic mass is 79.9. The summed E-state index contributed by atoms with van der Waals surface area (Å²) in [5.41, 5.74) is 0.277. The summed E-state index contributed by atoms with van der Waals surface area (Å²) in [5.74, 6) is 1.32. The molecule has 0 spiro atoms. The van der Waals surface area contributed by atoms with Gasteiger partial charge < -0.3 is 19.1 Å². The molecule has 1 rings (SSSR count). The van der Waals surface area contributed by atoms with E-state index in [1.165, 1.54) is 0 Å². The maximum absolute atomic E-state index is 12.3. The van der Waals surface area contributed by atoms with Crippen molar-refractivity contribution in [3.63, 3.8) is 0 Å². The Hall–Kier alpha value is -1.43. The van der Waals surface area contributed by atoms with Gasteiger partial charge in [0.05, 0.1) is 26.3 Å². The molecule has 0 unspecified atom stereocenters. The number of benzene rings is 1. The Kier molecular flexibility index (Phi) is 6.53. The number of nitrogens with zero attached hydrogens (tertiary/aromatic N) is 1. The zero-order valence-corrected chi connectivity index (χ0v) is 15.6. The standard InChI is InChI=1S/C16H24BrNO4/c1-7-18(15(19)22-16(2,3)4)10-12-13(20-5)8-11(17)9-14(12)21-6/h8-9H,7,10H2,1-6H3. The zero-order chi connectivity index (χ0) is 16.9. The molecule has 0 radical (unpaired) electrons. The second-order valence-corrected chi connectivity index (χ2v) is 6.70. The minimum atomic E-state index is -0.529. The van der Waals surface area contributed by atoms with Crippen molar-refractivity contribution in [3.8, 4) is 11.5 Å². The summed E-state index contributed by atoms with van der Waals surface area (Å²) in [7, 11) is 3.18. The molecule has 0 aliphatic carbocycles. The summed E-state index contributed by atoms with van der Waals surface area (Å²) in [6.07, 6.45) is -0.359. The molecule has 0 saturated heterocycles. The van der Waals surface area contributed by atoms with Crippen LogP contribution in [0.1, 0.15) is 33.3 Å². The van der Waals surface area contributed by atoms with Crippen LogP contribution in [-0.2, 0) is 11.3 Å². The van der Waals surface area contributed by atoms with Crippen LogP contribution in [0.2, 0.25) is 0 Å². The quantitative estimate of drug-likeness (QED) is 0.774. The monoisotopic (exact) mass is 373 g/mol. The van der Waals surface area contributed by atoms with Gasteiger partial charge in [-0.2, -0.15) is 0 Å². The fraction of sp³-hybridized carbons (Fsp3) is 0.562. The molecule has 22 heavy (non-hydrogen) atoms. The van der Waals surface area contributed by atoms with E-state index in [2.05, 4.69) is 15.9 Å². The smallest absolute Gasteiger partial charge is 0.410 e. The molecule has 0 aliphatic rings. The first-order valence-corrected chi connectivity index (χ1v) is 7.89. The fourth-order valence-electron chi connectivity index (χ4n) is 1.93. The number of ether oxygens (including phenoxy) is 3. The highest BCUT2D eigenvalue weighted by Crippen LogP contribution is 2.34. The fourth-order valence-corrected chi connectivity index (χ4v) is 2.35. The Labute approximate surface area is 140 Å². The van der Waals surface area contributed by atoms with Crippen molar-refractivity contribution in [2.24, 2.45) is 0 Å². The average molecular weight is 374 g/mol. The van der Waals surface area contributed by atoms with Crippen molar-refractivity contribution in [3.05, 3.63) is 22.2 Å². The number of carbonyl (C=O) groups is 1. The molecule has 6 heteroatoms. The molecular weight excluding hydrogens is 350 g/mol. The number of methoxy groups -OCH3 is 2. The molecule has 0 aromatic heterocycles. The number of amides is 1. The minimum absolute atomic E-state index is 0.352. The van der Waals surface area contributed by atoms with Gasteiger partial charge in [0.1, 0.15) is 17.1 Å². The summed E-state index contributed by atoms with van der Waals surface area (Å²) in [6.45, 7) is 8.32. The predicted molar refractivity (Wildman–Crippen MR) is 89.6 cm³/mol. The Morgan fingerprint density at radius 2 is 1.68 bits per heavy atom. The number of carbonyl (C=O) groups excluding carboxylic acids is 1. The molecule has 1 amide bonds. The van der Waals surface area contributed by atoms with Gasteiger partial charge in [0, 0.05) is 11.0 Å². The van der Waals surface area contributed by atoms with Gasteiger partial charge in [-0.25, -0.2) is 4.79 Å². The summed E-state index contributed by atoms with van der Waals surface area (Å²) in [6, 6.07) is 3.70. The van der Waals surface area contributed by atoms with E-state index in [1.807, 2.05) is 39.8 Å². The molecule has 1 aromatic rings. The van der Waals surface area contributed by atoms with Gasteiger partial charge in [0.15, 0.2) is 0 Å². The van der Waals surface area contributed by atoms with Crippen LogP contribution in [0.15, 0.2) is 16.6 Å². The second kappa shape index (κ2) is 7.72. The summed E-state index contributed by atoms with van der Waals surface area (Å²) >= 11 is 3.42. The number of rotatable bonds is 5. The molecule has 124 valence electrons. The third-order valence-electron chi connectivity index (χ3n) is 2.96. The van der Waals surface area contributed by atoms with Crippen LogP contribution in [0.4, 0.5) is 4.79 Å². The minimum Gasteiger partial charge on any atom is -0.496 e. The summed E-state index contributed by atoms with van der Waals surface area (Å²) in [5, 5.41) is 0. The number of hydrogen-bond acceptors (Lipinski definition) is 4. The lowest BCUT2D eigenvalue weighted by molar-refractivity contribution is 0.0242. The van der Waals surface area contributed by atoms with Crippen molar-refractivity contribution in [2.75, 3.05) is 20.8 Å². The van der Waals surface area contributed by atoms with Crippen LogP contribution in [0, 0.1) is 0 Å². The van der Waals surface area contributed by atoms with Crippen LogP contribution in [0.25, 0.3) is 0 Å². The number of halogens is 1. The van der Waals surface area contributed by atoms with E-state index in [0.29, 0.717) is 24.6 Å². The van der Waals surface area contributed by atoms with Crippen molar-refractivity contribution < 1.29 is 19.0 Å². The molecule has 1 aromatic carbocycles.